The molecule has 7 aliphatic heterocycles. The zero-order valence-corrected chi connectivity index (χ0v) is 63.0. The van der Waals surface area contributed by atoms with Crippen molar-refractivity contribution in [3.05, 3.63) is 275 Å². The molecule has 2 unspecified atom stereocenters. The molecular formula is C88H95F6N11O8. The van der Waals surface area contributed by atoms with E-state index in [1.807, 2.05) is 43.3 Å². The summed E-state index contributed by atoms with van der Waals surface area (Å²) < 4.78 is 76.6. The molecule has 113 heavy (non-hydrogen) atoms. The molecule has 2 aliphatic carbocycles. The Morgan fingerprint density at radius 3 is 0.929 bits per heavy atom. The number of carbonyl (C=O) groups excluding carboxylic acids is 7. The van der Waals surface area contributed by atoms with Crippen LogP contribution in [0.4, 0.5) is 54.8 Å². The molecule has 0 saturated carbocycles. The number of anilines is 5. The van der Waals surface area contributed by atoms with E-state index < -0.39 is 0 Å². The van der Waals surface area contributed by atoms with E-state index in [0.29, 0.717) is 98.3 Å². The van der Waals surface area contributed by atoms with E-state index >= 15 is 0 Å². The maximum absolute atomic E-state index is 13.0. The number of allylic oxidation sites excluding steroid dienone is 2. The first-order valence-electron chi connectivity index (χ1n) is 38.4. The van der Waals surface area contributed by atoms with Crippen LogP contribution in [0.3, 0.4) is 0 Å². The van der Waals surface area contributed by atoms with E-state index in [4.69, 9.17) is 28.0 Å². The summed E-state index contributed by atoms with van der Waals surface area (Å²) in [5.74, 6) is -2.20. The number of benzene rings is 8. The molecule has 0 aromatic heterocycles. The Balaban J connectivity index is 0.000000131. The number of fused-ring (bicyclic) bond motifs is 2. The molecule has 19 nitrogen and oxygen atoms in total. The van der Waals surface area contributed by atoms with Crippen LogP contribution < -0.4 is 47.4 Å². The second kappa shape index (κ2) is 38.9. The van der Waals surface area contributed by atoms with Crippen LogP contribution in [0.25, 0.3) is 5.57 Å². The second-order valence-electron chi connectivity index (χ2n) is 28.8. The van der Waals surface area contributed by atoms with Gasteiger partial charge in [0.25, 0.3) is 23.6 Å². The summed E-state index contributed by atoms with van der Waals surface area (Å²) in [6, 6.07) is 51.7. The highest BCUT2D eigenvalue weighted by Crippen LogP contribution is 2.37. The minimum Gasteiger partial charge on any atom is -0.394 e. The third-order valence-electron chi connectivity index (χ3n) is 21.6. The highest BCUT2D eigenvalue weighted by atomic mass is 19.1. The Labute approximate surface area is 654 Å². The highest BCUT2D eigenvalue weighted by molar-refractivity contribution is 6.22. The third kappa shape index (κ3) is 20.0. The van der Waals surface area contributed by atoms with Gasteiger partial charge >= 0.3 is 0 Å². The number of rotatable bonds is 13. The van der Waals surface area contributed by atoms with E-state index in [9.17, 15) is 59.9 Å². The summed E-state index contributed by atoms with van der Waals surface area (Å²) in [5, 5.41) is 9.10. The van der Waals surface area contributed by atoms with Gasteiger partial charge in [0, 0.05) is 111 Å². The first-order valence-corrected chi connectivity index (χ1v) is 38.4. The van der Waals surface area contributed by atoms with Gasteiger partial charge in [0.1, 0.15) is 34.9 Å². The number of carbonyl (C=O) groups is 7. The van der Waals surface area contributed by atoms with Crippen molar-refractivity contribution in [1.82, 2.24) is 9.80 Å². The maximum atomic E-state index is 13.0. The van der Waals surface area contributed by atoms with Gasteiger partial charge in [-0.15, -0.1) is 0 Å². The smallest absolute Gasteiger partial charge is 0.262 e. The van der Waals surface area contributed by atoms with Crippen molar-refractivity contribution in [2.24, 2.45) is 22.9 Å². The standard InChI is InChI=1S/C19H14FNO2.C14H13NO2.2C11H13FN2O.2C11H15FN2.C11H12FNO2/c20-14-8-5-12(6-9-14)13-7-10-15(11-13)21-18(22)16-3-1-2-4-17(16)19(21)23;1-9-6-7-10(8-9)15-13(16)11-4-2-3-5-12(11)14(15)17;2*12-8-1-3-9(4-2-8)14-10(7-13)5-6-11(14)15;2*12-9-3-5-10(6-4-9)14-7-1-2-11(14)8-13;12-8-1-3-9(4-2-8)13-10(7-14)5-6-11(13)15/h1-6,8-9,11,15H,7,10H2;2-5,8,10H,6-7H2,1H3;2*1-4,10H,5-7,13H2;2*3-6,11H,1-2,7-8,13H2;1-4,10,14H,5-7H2/t;;2*10-;2*11-;10-/m..10100/s1. The second-order valence-corrected chi connectivity index (χ2v) is 28.8. The highest BCUT2D eigenvalue weighted by Gasteiger charge is 2.42. The van der Waals surface area contributed by atoms with Crippen LogP contribution in [0.5, 0.6) is 0 Å². The van der Waals surface area contributed by atoms with Crippen LogP contribution >= 0.6 is 0 Å². The minimum atomic E-state index is -0.328. The number of imide groups is 2. The normalized spacial score (nSPS) is 21.3. The first-order chi connectivity index (χ1) is 54.6. The van der Waals surface area contributed by atoms with Gasteiger partial charge in [-0.25, -0.2) is 26.3 Å². The molecule has 9 aliphatic rings. The van der Waals surface area contributed by atoms with Crippen LogP contribution in [-0.4, -0.2) is 144 Å². The fourth-order valence-corrected chi connectivity index (χ4v) is 15.7. The summed E-state index contributed by atoms with van der Waals surface area (Å²) in [4.78, 5) is 96.3. The van der Waals surface area contributed by atoms with Gasteiger partial charge in [-0.05, 0) is 246 Å². The van der Waals surface area contributed by atoms with Crippen LogP contribution in [0.2, 0.25) is 0 Å². The van der Waals surface area contributed by atoms with Crippen LogP contribution in [0.15, 0.2) is 212 Å². The Hall–Kier alpha value is -11.1. The molecule has 8 aromatic rings. The van der Waals surface area contributed by atoms with Crippen LogP contribution in [-0.2, 0) is 14.4 Å². The molecule has 0 radical (unpaired) electrons. The van der Waals surface area contributed by atoms with Gasteiger partial charge in [0.15, 0.2) is 0 Å². The lowest BCUT2D eigenvalue weighted by atomic mass is 10.1. The van der Waals surface area contributed by atoms with Gasteiger partial charge in [-0.3, -0.25) is 43.4 Å². The number of hydrogen-bond donors (Lipinski definition) is 5. The quantitative estimate of drug-likeness (QED) is 0.0408. The molecular weight excluding hydrogens is 1450 g/mol. The Morgan fingerprint density at radius 2 is 0.619 bits per heavy atom. The number of aliphatic hydroxyl groups excluding tert-OH is 1. The van der Waals surface area contributed by atoms with Crippen molar-refractivity contribution in [3.63, 3.8) is 0 Å². The van der Waals surface area contributed by atoms with Crippen molar-refractivity contribution < 1.29 is 65.0 Å². The van der Waals surface area contributed by atoms with Crippen molar-refractivity contribution in [2.45, 2.75) is 139 Å². The van der Waals surface area contributed by atoms with Gasteiger partial charge in [0.2, 0.25) is 17.7 Å². The van der Waals surface area contributed by atoms with Crippen molar-refractivity contribution in [3.8, 4) is 0 Å². The van der Waals surface area contributed by atoms with Gasteiger partial charge in [-0.1, -0.05) is 54.1 Å². The molecule has 7 heterocycles. The summed E-state index contributed by atoms with van der Waals surface area (Å²) in [6.45, 7) is 6.31. The molecule has 7 amide bonds. The molecule has 17 rings (SSSR count). The summed E-state index contributed by atoms with van der Waals surface area (Å²) >= 11 is 0. The Kier molecular flexibility index (Phi) is 28.5. The van der Waals surface area contributed by atoms with E-state index in [1.165, 1.54) is 101 Å². The molecule has 8 aromatic carbocycles. The molecule has 5 saturated heterocycles. The van der Waals surface area contributed by atoms with Gasteiger partial charge in [-0.2, -0.15) is 0 Å². The van der Waals surface area contributed by atoms with Crippen LogP contribution in [0.1, 0.15) is 144 Å². The van der Waals surface area contributed by atoms with Gasteiger partial charge < -0.3 is 52.5 Å². The number of nitrogens with zero attached hydrogens (tertiary/aromatic N) is 7. The molecule has 9 N–H and O–H groups in total. The van der Waals surface area contributed by atoms with Crippen molar-refractivity contribution in [1.29, 1.82) is 0 Å². The average Bonchev–Trinajstić information content (AvgIpc) is 1.61. The van der Waals surface area contributed by atoms with E-state index in [0.717, 1.165) is 91.9 Å². The van der Waals surface area contributed by atoms with Crippen LogP contribution in [0, 0.1) is 34.9 Å². The molecule has 7 atom stereocenters. The maximum Gasteiger partial charge on any atom is 0.262 e. The lowest BCUT2D eigenvalue weighted by molar-refractivity contribution is -0.118. The summed E-state index contributed by atoms with van der Waals surface area (Å²) in [7, 11) is 0. The molecule has 0 spiro atoms. The van der Waals surface area contributed by atoms with Crippen molar-refractivity contribution in [2.75, 3.05) is 70.4 Å². The summed E-state index contributed by atoms with van der Waals surface area (Å²) in [6.07, 6.45) is 15.7. The van der Waals surface area contributed by atoms with E-state index in [1.54, 1.807) is 112 Å². The number of halogens is 6. The molecule has 5 fully saturated rings. The number of aliphatic hydroxyl groups is 1. The fraction of sp³-hybridized carbons (Fsp3) is 0.330. The minimum absolute atomic E-state index is 0.0133. The molecule has 0 bridgehead atoms. The number of nitrogens with two attached hydrogens (primary N) is 4. The SMILES string of the molecule is CC1=CC(N2C(=O)c3ccccc3C2=O)CC1.NC[C@@H]1CCC(=O)N1c1ccc(F)cc1.NC[C@@H]1CCCN1c1ccc(F)cc1.NC[C@H]1CCC(=O)N1c1ccc(F)cc1.NC[C@H]1CCCN1c1ccc(F)cc1.O=C1CC[C@@H](CO)N1c1ccc(F)cc1.O=C1c2ccccc2C(=O)N1C1C=C(c2ccc(F)cc2)CC1. The lowest BCUT2D eigenvalue weighted by Crippen LogP contribution is -2.37. The fourth-order valence-electron chi connectivity index (χ4n) is 15.7. The average molecular weight is 1550 g/mol. The number of amides is 7. The molecule has 592 valence electrons. The third-order valence-corrected chi connectivity index (χ3v) is 21.6. The predicted molar refractivity (Wildman–Crippen MR) is 426 cm³/mol. The van der Waals surface area contributed by atoms with E-state index in [2.05, 4.69) is 9.80 Å². The zero-order chi connectivity index (χ0) is 80.4. The largest absolute Gasteiger partial charge is 0.394 e. The predicted octanol–water partition coefficient (Wildman–Crippen LogP) is 13.4. The zero-order valence-electron chi connectivity index (χ0n) is 63.0. The van der Waals surface area contributed by atoms with Gasteiger partial charge in [0.05, 0.1) is 47.0 Å². The van der Waals surface area contributed by atoms with Crippen molar-refractivity contribution >= 4 is 75.4 Å². The first kappa shape index (κ1) is 82.9. The Morgan fingerprint density at radius 1 is 0.327 bits per heavy atom. The monoisotopic (exact) mass is 1550 g/mol. The summed E-state index contributed by atoms with van der Waals surface area (Å²) in [5.41, 5.74) is 32.1. The van der Waals surface area contributed by atoms with E-state index in [-0.39, 0.29) is 113 Å². The molecule has 25 heteroatoms. The lowest BCUT2D eigenvalue weighted by Gasteiger charge is -2.25. The number of hydrogen-bond acceptors (Lipinski definition) is 14. The Bertz CT molecular complexity index is 4380. The topological polar surface area (TPSA) is 266 Å².